The van der Waals surface area contributed by atoms with Gasteiger partial charge < -0.3 is 0 Å². The highest BCUT2D eigenvalue weighted by Gasteiger charge is 2.04. The number of aromatic nitrogens is 2. The summed E-state index contributed by atoms with van der Waals surface area (Å²) in [5, 5.41) is 2.12. The monoisotopic (exact) mass is 401 g/mol. The largest absolute Gasteiger partial charge is 0.249 e. The summed E-state index contributed by atoms with van der Waals surface area (Å²) < 4.78 is 13.9. The Morgan fingerprint density at radius 3 is 2.28 bits per heavy atom. The Bertz CT molecular complexity index is 1090. The third-order valence-corrected chi connectivity index (χ3v) is 4.75. The van der Waals surface area contributed by atoms with Crippen LogP contribution in [-0.2, 0) is 6.42 Å². The van der Waals surface area contributed by atoms with Gasteiger partial charge in [-0.25, -0.2) is 4.98 Å². The molecule has 1 aromatic heterocycles. The van der Waals surface area contributed by atoms with Crippen LogP contribution in [0.3, 0.4) is 0 Å². The van der Waals surface area contributed by atoms with Gasteiger partial charge in [0.1, 0.15) is 0 Å². The molecule has 3 nitrogen and oxygen atoms in total. The zero-order valence-corrected chi connectivity index (χ0v) is 17.1. The summed E-state index contributed by atoms with van der Waals surface area (Å²) in [5.74, 6) is 5.60. The first-order valence-electron chi connectivity index (χ1n) is 9.41. The maximum absolute atomic E-state index is 13.9. The lowest BCUT2D eigenvalue weighted by Crippen LogP contribution is -1.97. The smallest absolute Gasteiger partial charge is 0.239 e. The zero-order valence-electron chi connectivity index (χ0n) is 16.3. The average Bonchev–Trinajstić information content (AvgIpc) is 2.74. The van der Waals surface area contributed by atoms with Crippen LogP contribution < -0.4 is 0 Å². The number of aliphatic imine (C=N–C) groups is 1. The van der Waals surface area contributed by atoms with Gasteiger partial charge in [-0.15, -0.1) is 0 Å². The fourth-order valence-corrected chi connectivity index (χ4v) is 2.89. The minimum Gasteiger partial charge on any atom is -0.239 e. The molecular weight excluding hydrogens is 381 g/mol. The van der Waals surface area contributed by atoms with Crippen molar-refractivity contribution in [3.8, 4) is 23.0 Å². The van der Waals surface area contributed by atoms with Gasteiger partial charge in [-0.05, 0) is 59.3 Å². The van der Waals surface area contributed by atoms with Crippen molar-refractivity contribution >= 4 is 23.2 Å². The van der Waals surface area contributed by atoms with Crippen LogP contribution in [0.15, 0.2) is 59.7 Å². The molecule has 0 bridgehead atoms. The third kappa shape index (κ3) is 5.65. The predicted molar refractivity (Wildman–Crippen MR) is 118 cm³/mol. The lowest BCUT2D eigenvalue weighted by molar-refractivity contribution is 0.560. The first kappa shape index (κ1) is 20.5. The van der Waals surface area contributed by atoms with Crippen LogP contribution in [-0.4, -0.2) is 15.1 Å². The van der Waals surface area contributed by atoms with Crippen LogP contribution in [0.4, 0.5) is 10.2 Å². The number of nitrogens with zero attached hydrogens (tertiary/aromatic N) is 3. The molecule has 2 aromatic carbocycles. The summed E-state index contributed by atoms with van der Waals surface area (Å²) in [6, 6.07) is 16.5. The number of isothiocyanates is 1. The molecule has 29 heavy (non-hydrogen) atoms. The molecule has 0 aliphatic heterocycles. The highest BCUT2D eigenvalue weighted by Crippen LogP contribution is 2.21. The quantitative estimate of drug-likeness (QED) is 0.299. The number of halogens is 1. The molecule has 0 radical (unpaired) electrons. The van der Waals surface area contributed by atoms with Gasteiger partial charge >= 0.3 is 0 Å². The normalized spacial score (nSPS) is 11.1. The van der Waals surface area contributed by atoms with Crippen LogP contribution in [0.1, 0.15) is 37.1 Å². The van der Waals surface area contributed by atoms with Crippen molar-refractivity contribution in [3.63, 3.8) is 0 Å². The fraction of sp³-hybridized carbons (Fsp3) is 0.208. The Morgan fingerprint density at radius 1 is 1.03 bits per heavy atom. The van der Waals surface area contributed by atoms with Crippen molar-refractivity contribution in [3.05, 3.63) is 77.5 Å². The molecule has 5 heteroatoms. The summed E-state index contributed by atoms with van der Waals surface area (Å²) in [7, 11) is 0. The molecule has 0 spiro atoms. The van der Waals surface area contributed by atoms with Crippen LogP contribution >= 0.6 is 12.2 Å². The van der Waals surface area contributed by atoms with Crippen molar-refractivity contribution in [1.82, 2.24) is 9.97 Å². The van der Waals surface area contributed by atoms with E-state index < -0.39 is 5.95 Å². The zero-order chi connectivity index (χ0) is 20.6. The molecule has 0 N–H and O–H groups in total. The Morgan fingerprint density at radius 2 is 1.69 bits per heavy atom. The maximum Gasteiger partial charge on any atom is 0.249 e. The van der Waals surface area contributed by atoms with Gasteiger partial charge in [-0.2, -0.15) is 14.4 Å². The highest BCUT2D eigenvalue weighted by molar-refractivity contribution is 7.78. The van der Waals surface area contributed by atoms with E-state index in [4.69, 9.17) is 0 Å². The Balaban J connectivity index is 1.73. The average molecular weight is 402 g/mol. The summed E-state index contributed by atoms with van der Waals surface area (Å²) in [4.78, 5) is 11.1. The van der Waals surface area contributed by atoms with Gasteiger partial charge in [0, 0.05) is 5.56 Å². The van der Waals surface area contributed by atoms with Gasteiger partial charge in [0.05, 0.1) is 11.4 Å². The molecule has 0 fully saturated rings. The van der Waals surface area contributed by atoms with E-state index in [-0.39, 0.29) is 11.5 Å². The van der Waals surface area contributed by atoms with Crippen LogP contribution in [0, 0.1) is 23.7 Å². The summed E-state index contributed by atoms with van der Waals surface area (Å²) in [6.07, 6.45) is 3.59. The topological polar surface area (TPSA) is 38.1 Å². The first-order chi connectivity index (χ1) is 14.1. The summed E-state index contributed by atoms with van der Waals surface area (Å²) in [5.41, 5.74) is 4.36. The molecule has 0 aliphatic rings. The van der Waals surface area contributed by atoms with E-state index in [9.17, 15) is 4.39 Å². The predicted octanol–water partition coefficient (Wildman–Crippen LogP) is 6.01. The maximum atomic E-state index is 13.9. The molecule has 0 aliphatic carbocycles. The minimum atomic E-state index is -0.780. The molecule has 0 saturated heterocycles. The number of hydrogen-bond donors (Lipinski definition) is 0. The molecule has 0 amide bonds. The van der Waals surface area contributed by atoms with Crippen molar-refractivity contribution in [1.29, 1.82) is 0 Å². The fourth-order valence-electron chi connectivity index (χ4n) is 2.80. The van der Waals surface area contributed by atoms with Gasteiger partial charge in [0.25, 0.3) is 0 Å². The van der Waals surface area contributed by atoms with Gasteiger partial charge in [-0.1, -0.05) is 62.6 Å². The summed E-state index contributed by atoms with van der Waals surface area (Å²) in [6.45, 7) is 4.49. The molecule has 3 rings (SSSR count). The molecule has 144 valence electrons. The van der Waals surface area contributed by atoms with E-state index in [0.717, 1.165) is 23.1 Å². The van der Waals surface area contributed by atoms with Gasteiger partial charge in [0.2, 0.25) is 5.95 Å². The van der Waals surface area contributed by atoms with E-state index in [1.54, 1.807) is 0 Å². The Kier molecular flexibility index (Phi) is 6.97. The Hall–Kier alpha value is -3.19. The second-order valence-electron chi connectivity index (χ2n) is 6.81. The Labute approximate surface area is 175 Å². The second kappa shape index (κ2) is 9.84. The second-order valence-corrected chi connectivity index (χ2v) is 7.00. The molecule has 1 atom stereocenters. The number of benzene rings is 2. The van der Waals surface area contributed by atoms with Crippen LogP contribution in [0.2, 0.25) is 0 Å². The minimum absolute atomic E-state index is 0.0331. The molecule has 1 heterocycles. The number of rotatable bonds is 5. The number of hydrogen-bond acceptors (Lipinski definition) is 4. The number of thiocarbonyl (C=S) groups is 1. The molecule has 0 saturated carbocycles. The van der Waals surface area contributed by atoms with E-state index in [1.807, 2.05) is 24.3 Å². The van der Waals surface area contributed by atoms with E-state index in [0.29, 0.717) is 5.92 Å². The van der Waals surface area contributed by atoms with E-state index in [1.165, 1.54) is 18.2 Å². The highest BCUT2D eigenvalue weighted by atomic mass is 32.1. The first-order valence-corrected chi connectivity index (χ1v) is 9.81. The van der Waals surface area contributed by atoms with Gasteiger partial charge in [0.15, 0.2) is 11.5 Å². The molecule has 3 aromatic rings. The van der Waals surface area contributed by atoms with Crippen molar-refractivity contribution in [2.45, 2.75) is 26.7 Å². The van der Waals surface area contributed by atoms with Crippen molar-refractivity contribution in [2.75, 3.05) is 0 Å². The SMILES string of the molecule is CCC(C)Cc1ccc(-c2ccc(C#Cc3ncc(N=C=S)nc3F)cc2)cc1. The lowest BCUT2D eigenvalue weighted by Gasteiger charge is -2.09. The standard InChI is InChI=1S/C24H20FN3S/c1-3-17(2)14-19-6-11-21(12-7-19)20-9-4-18(5-10-20)8-13-22-24(25)28-23(15-26-22)27-16-29/h4-7,9-12,15,17H,3,14H2,1-2H3. The summed E-state index contributed by atoms with van der Waals surface area (Å²) >= 11 is 4.46. The third-order valence-electron chi connectivity index (χ3n) is 4.66. The lowest BCUT2D eigenvalue weighted by atomic mass is 9.96. The molecular formula is C24H20FN3S. The van der Waals surface area contributed by atoms with Gasteiger partial charge in [-0.3, -0.25) is 0 Å². The van der Waals surface area contributed by atoms with E-state index >= 15 is 0 Å². The van der Waals surface area contributed by atoms with Crippen LogP contribution in [0.5, 0.6) is 0 Å². The molecule has 1 unspecified atom stereocenters. The van der Waals surface area contributed by atoms with Crippen molar-refractivity contribution < 1.29 is 4.39 Å². The van der Waals surface area contributed by atoms with Crippen molar-refractivity contribution in [2.24, 2.45) is 10.9 Å². The van der Waals surface area contributed by atoms with Crippen LogP contribution in [0.25, 0.3) is 11.1 Å². The van der Waals surface area contributed by atoms with E-state index in [2.05, 4.69) is 82.3 Å².